The lowest BCUT2D eigenvalue weighted by molar-refractivity contribution is 0.616. The predicted octanol–water partition coefficient (Wildman–Crippen LogP) is 7.50. The van der Waals surface area contributed by atoms with E-state index in [1.165, 1.54) is 9.57 Å². The zero-order valence-corrected chi connectivity index (χ0v) is 20.4. The molecule has 0 unspecified atom stereocenters. The van der Waals surface area contributed by atoms with Gasteiger partial charge in [0.15, 0.2) is 5.76 Å². The summed E-state index contributed by atoms with van der Waals surface area (Å²) >= 11 is 7.83. The number of aromatic nitrogens is 2. The van der Waals surface area contributed by atoms with Crippen molar-refractivity contribution in [3.05, 3.63) is 124 Å². The summed E-state index contributed by atoms with van der Waals surface area (Å²) in [6.07, 6.45) is 1.65. The van der Waals surface area contributed by atoms with E-state index in [1.54, 1.807) is 42.2 Å². The van der Waals surface area contributed by atoms with E-state index in [-0.39, 0.29) is 5.56 Å². The van der Waals surface area contributed by atoms with Crippen LogP contribution in [0.3, 0.4) is 0 Å². The van der Waals surface area contributed by atoms with Crippen molar-refractivity contribution in [1.29, 1.82) is 0 Å². The van der Waals surface area contributed by atoms with E-state index in [2.05, 4.69) is 17.2 Å². The van der Waals surface area contributed by atoms with Crippen molar-refractivity contribution in [2.45, 2.75) is 9.79 Å². The van der Waals surface area contributed by atoms with E-state index in [1.807, 2.05) is 66.7 Å². The number of benzene rings is 4. The van der Waals surface area contributed by atoms with Gasteiger partial charge in [-0.2, -0.15) is 9.78 Å². The van der Waals surface area contributed by atoms with Gasteiger partial charge in [0.25, 0.3) is 5.56 Å². The molecule has 6 aromatic rings. The quantitative estimate of drug-likeness (QED) is 0.227. The van der Waals surface area contributed by atoms with Crippen LogP contribution in [-0.2, 0) is 0 Å². The minimum Gasteiger partial charge on any atom is -0.453 e. The van der Waals surface area contributed by atoms with Gasteiger partial charge in [-0.05, 0) is 66.2 Å². The number of nitrogens with zero attached hydrogens (tertiary/aromatic N) is 3. The Bertz CT molecular complexity index is 1790. The topological polar surface area (TPSA) is 60.4 Å². The van der Waals surface area contributed by atoms with E-state index < -0.39 is 0 Å². The fraction of sp³-hybridized carbons (Fsp3) is 0. The van der Waals surface area contributed by atoms with Crippen LogP contribution in [0.25, 0.3) is 33.5 Å². The molecule has 6 rings (SSSR count). The molecule has 0 N–H and O–H groups in total. The molecule has 0 aliphatic heterocycles. The standard InChI is InChI=1S/C29H18ClN3O2S/c30-21-12-15-26-20(16-21)17-27(35-26)28-32-25-9-5-4-8-24(25)29(34)33(28)31-18-19-10-13-23(14-11-19)36-22-6-2-1-3-7-22/h1-18H. The molecule has 7 heteroatoms. The lowest BCUT2D eigenvalue weighted by Gasteiger charge is -2.07. The van der Waals surface area contributed by atoms with Crippen LogP contribution in [0.2, 0.25) is 5.02 Å². The van der Waals surface area contributed by atoms with Crippen LogP contribution in [-0.4, -0.2) is 15.9 Å². The SMILES string of the molecule is O=c1c2ccccc2nc(-c2cc3cc(Cl)ccc3o2)n1N=Cc1ccc(Sc2ccccc2)cc1. The van der Waals surface area contributed by atoms with Gasteiger partial charge in [0, 0.05) is 20.2 Å². The minimum atomic E-state index is -0.276. The Kier molecular flexibility index (Phi) is 5.89. The van der Waals surface area contributed by atoms with Crippen molar-refractivity contribution >= 4 is 51.4 Å². The molecule has 0 atom stereocenters. The van der Waals surface area contributed by atoms with Gasteiger partial charge in [-0.15, -0.1) is 0 Å². The molecule has 0 amide bonds. The van der Waals surface area contributed by atoms with E-state index in [4.69, 9.17) is 21.0 Å². The Hall–Kier alpha value is -4.13. The summed E-state index contributed by atoms with van der Waals surface area (Å²) in [5, 5.41) is 6.43. The lowest BCUT2D eigenvalue weighted by atomic mass is 10.2. The first-order valence-electron chi connectivity index (χ1n) is 11.2. The van der Waals surface area contributed by atoms with Gasteiger partial charge in [-0.3, -0.25) is 4.79 Å². The number of halogens is 1. The highest BCUT2D eigenvalue weighted by Crippen LogP contribution is 2.29. The maximum absolute atomic E-state index is 13.4. The second-order valence-corrected chi connectivity index (χ2v) is 9.67. The Labute approximate surface area is 215 Å². The second-order valence-electron chi connectivity index (χ2n) is 8.09. The highest BCUT2D eigenvalue weighted by Gasteiger charge is 2.16. The smallest absolute Gasteiger partial charge is 0.282 e. The van der Waals surface area contributed by atoms with Crippen LogP contribution in [0.1, 0.15) is 5.56 Å². The molecule has 0 aliphatic carbocycles. The molecular weight excluding hydrogens is 490 g/mol. The Morgan fingerprint density at radius 2 is 1.61 bits per heavy atom. The summed E-state index contributed by atoms with van der Waals surface area (Å²) in [4.78, 5) is 20.4. The summed E-state index contributed by atoms with van der Waals surface area (Å²) in [6.45, 7) is 0. The summed E-state index contributed by atoms with van der Waals surface area (Å²) in [7, 11) is 0. The fourth-order valence-electron chi connectivity index (χ4n) is 3.89. The predicted molar refractivity (Wildman–Crippen MR) is 146 cm³/mol. The normalized spacial score (nSPS) is 11.6. The lowest BCUT2D eigenvalue weighted by Crippen LogP contribution is -2.20. The molecule has 174 valence electrons. The largest absolute Gasteiger partial charge is 0.453 e. The van der Waals surface area contributed by atoms with Crippen LogP contribution >= 0.6 is 23.4 Å². The van der Waals surface area contributed by atoms with Crippen molar-refractivity contribution in [3.63, 3.8) is 0 Å². The van der Waals surface area contributed by atoms with E-state index >= 15 is 0 Å². The van der Waals surface area contributed by atoms with Gasteiger partial charge in [0.1, 0.15) is 5.58 Å². The van der Waals surface area contributed by atoms with Crippen LogP contribution in [0.15, 0.2) is 127 Å². The number of hydrogen-bond acceptors (Lipinski definition) is 5. The molecular formula is C29H18ClN3O2S. The van der Waals surface area contributed by atoms with Gasteiger partial charge in [0.05, 0.1) is 17.1 Å². The third-order valence-electron chi connectivity index (χ3n) is 5.63. The number of furan rings is 1. The molecule has 0 spiro atoms. The Morgan fingerprint density at radius 1 is 0.861 bits per heavy atom. The van der Waals surface area contributed by atoms with Crippen LogP contribution in [0, 0.1) is 0 Å². The monoisotopic (exact) mass is 507 g/mol. The molecule has 2 aromatic heterocycles. The van der Waals surface area contributed by atoms with Gasteiger partial charge in [0.2, 0.25) is 5.82 Å². The maximum atomic E-state index is 13.4. The summed E-state index contributed by atoms with van der Waals surface area (Å²) in [5.41, 5.74) is 1.81. The van der Waals surface area contributed by atoms with E-state index in [0.29, 0.717) is 33.1 Å². The van der Waals surface area contributed by atoms with Gasteiger partial charge < -0.3 is 4.42 Å². The highest BCUT2D eigenvalue weighted by atomic mass is 35.5. The summed E-state index contributed by atoms with van der Waals surface area (Å²) in [5.74, 6) is 0.750. The number of hydrogen-bond donors (Lipinski definition) is 0. The molecule has 36 heavy (non-hydrogen) atoms. The number of rotatable bonds is 5. The molecule has 0 saturated heterocycles. The first-order valence-corrected chi connectivity index (χ1v) is 12.4. The maximum Gasteiger partial charge on any atom is 0.282 e. The first-order chi connectivity index (χ1) is 17.6. The van der Waals surface area contributed by atoms with Crippen molar-refractivity contribution < 1.29 is 4.42 Å². The summed E-state index contributed by atoms with van der Waals surface area (Å²) < 4.78 is 7.31. The number of fused-ring (bicyclic) bond motifs is 2. The zero-order valence-electron chi connectivity index (χ0n) is 18.8. The molecule has 2 heterocycles. The van der Waals surface area contributed by atoms with Crippen molar-refractivity contribution in [2.24, 2.45) is 5.10 Å². The van der Waals surface area contributed by atoms with E-state index in [9.17, 15) is 4.79 Å². The average molecular weight is 508 g/mol. The van der Waals surface area contributed by atoms with Crippen LogP contribution < -0.4 is 5.56 Å². The molecule has 0 fully saturated rings. The molecule has 0 saturated carbocycles. The Balaban J connectivity index is 1.40. The van der Waals surface area contributed by atoms with Crippen LogP contribution in [0.4, 0.5) is 0 Å². The van der Waals surface area contributed by atoms with Gasteiger partial charge >= 0.3 is 0 Å². The van der Waals surface area contributed by atoms with Crippen molar-refractivity contribution in [1.82, 2.24) is 9.66 Å². The minimum absolute atomic E-state index is 0.276. The summed E-state index contributed by atoms with van der Waals surface area (Å²) in [6, 6.07) is 32.6. The number of para-hydroxylation sites is 1. The highest BCUT2D eigenvalue weighted by molar-refractivity contribution is 7.99. The third-order valence-corrected chi connectivity index (χ3v) is 6.88. The molecule has 0 aliphatic rings. The van der Waals surface area contributed by atoms with E-state index in [0.717, 1.165) is 15.8 Å². The van der Waals surface area contributed by atoms with Gasteiger partial charge in [-0.25, -0.2) is 4.98 Å². The molecule has 0 radical (unpaired) electrons. The molecule has 0 bridgehead atoms. The third kappa shape index (κ3) is 4.44. The van der Waals surface area contributed by atoms with Crippen molar-refractivity contribution in [3.8, 4) is 11.6 Å². The molecule has 5 nitrogen and oxygen atoms in total. The second kappa shape index (κ2) is 9.49. The van der Waals surface area contributed by atoms with Gasteiger partial charge in [-0.1, -0.05) is 65.8 Å². The zero-order chi connectivity index (χ0) is 24.5. The molecule has 4 aromatic carbocycles. The Morgan fingerprint density at radius 3 is 2.44 bits per heavy atom. The average Bonchev–Trinajstić information content (AvgIpc) is 3.33. The fourth-order valence-corrected chi connectivity index (χ4v) is 4.90. The first kappa shape index (κ1) is 22.3. The van der Waals surface area contributed by atoms with Crippen molar-refractivity contribution in [2.75, 3.05) is 0 Å². The van der Waals surface area contributed by atoms with Crippen LogP contribution in [0.5, 0.6) is 0 Å².